The van der Waals surface area contributed by atoms with Gasteiger partial charge in [-0.3, -0.25) is 4.79 Å². The summed E-state index contributed by atoms with van der Waals surface area (Å²) >= 11 is 0. The summed E-state index contributed by atoms with van der Waals surface area (Å²) in [7, 11) is -3.32. The molecule has 0 radical (unpaired) electrons. The van der Waals surface area contributed by atoms with Crippen LogP contribution >= 0.6 is 0 Å². The molecule has 1 atom stereocenters. The molecule has 9 heteroatoms. The average molecular weight is 374 g/mol. The van der Waals surface area contributed by atoms with E-state index in [4.69, 9.17) is 4.42 Å². The number of nitrogens with zero attached hydrogens (tertiary/aromatic N) is 3. The SMILES string of the molecule is CS(=O)(=O)NC[C@H]1CN(C(=O)c2cc3ccccc3o2)Cc2cncn21. The van der Waals surface area contributed by atoms with Crippen LogP contribution in [0.4, 0.5) is 0 Å². The Balaban J connectivity index is 1.59. The maximum Gasteiger partial charge on any atom is 0.290 e. The van der Waals surface area contributed by atoms with Crippen LogP contribution in [0.3, 0.4) is 0 Å². The minimum absolute atomic E-state index is 0.187. The van der Waals surface area contributed by atoms with E-state index >= 15 is 0 Å². The van der Waals surface area contributed by atoms with Crippen molar-refractivity contribution in [2.24, 2.45) is 0 Å². The van der Waals surface area contributed by atoms with Gasteiger partial charge in [0.05, 0.1) is 30.9 Å². The van der Waals surface area contributed by atoms with Crippen LogP contribution < -0.4 is 4.72 Å². The summed E-state index contributed by atoms with van der Waals surface area (Å²) < 4.78 is 32.9. The van der Waals surface area contributed by atoms with Gasteiger partial charge in [-0.2, -0.15) is 0 Å². The molecule has 0 aliphatic carbocycles. The van der Waals surface area contributed by atoms with Crippen LogP contribution in [0, 0.1) is 0 Å². The predicted octanol–water partition coefficient (Wildman–Crippen LogP) is 1.38. The van der Waals surface area contributed by atoms with Crippen LogP contribution in [0.15, 0.2) is 47.3 Å². The molecular formula is C17H18N4O4S. The molecule has 0 fully saturated rings. The molecule has 0 saturated carbocycles. The number of benzene rings is 1. The molecule has 0 unspecified atom stereocenters. The van der Waals surface area contributed by atoms with Gasteiger partial charge in [0.25, 0.3) is 5.91 Å². The monoisotopic (exact) mass is 374 g/mol. The fourth-order valence-electron chi connectivity index (χ4n) is 3.19. The third-order valence-electron chi connectivity index (χ3n) is 4.43. The molecule has 26 heavy (non-hydrogen) atoms. The molecule has 0 bridgehead atoms. The molecule has 2 aromatic heterocycles. The highest BCUT2D eigenvalue weighted by atomic mass is 32.2. The first-order chi connectivity index (χ1) is 12.4. The summed E-state index contributed by atoms with van der Waals surface area (Å²) in [4.78, 5) is 18.7. The lowest BCUT2D eigenvalue weighted by Gasteiger charge is -2.34. The van der Waals surface area contributed by atoms with Crippen LogP contribution in [0.5, 0.6) is 0 Å². The number of imidazole rings is 1. The molecule has 1 aromatic carbocycles. The highest BCUT2D eigenvalue weighted by Crippen LogP contribution is 2.25. The second-order valence-electron chi connectivity index (χ2n) is 6.40. The number of para-hydroxylation sites is 1. The van der Waals surface area contributed by atoms with Crippen LogP contribution in [-0.4, -0.2) is 48.1 Å². The third kappa shape index (κ3) is 3.23. The van der Waals surface area contributed by atoms with E-state index in [0.29, 0.717) is 18.7 Å². The lowest BCUT2D eigenvalue weighted by molar-refractivity contribution is 0.0650. The molecule has 4 rings (SSSR count). The molecule has 3 aromatic rings. The number of hydrogen-bond donors (Lipinski definition) is 1. The van der Waals surface area contributed by atoms with Crippen LogP contribution in [-0.2, 0) is 16.6 Å². The lowest BCUT2D eigenvalue weighted by Crippen LogP contribution is -2.44. The van der Waals surface area contributed by atoms with Gasteiger partial charge < -0.3 is 13.9 Å². The summed E-state index contributed by atoms with van der Waals surface area (Å²) in [5.41, 5.74) is 1.51. The number of fused-ring (bicyclic) bond motifs is 2. The third-order valence-corrected chi connectivity index (χ3v) is 5.12. The topological polar surface area (TPSA) is 97.4 Å². The van der Waals surface area contributed by atoms with Crippen molar-refractivity contribution in [3.8, 4) is 0 Å². The number of rotatable bonds is 4. The van der Waals surface area contributed by atoms with Gasteiger partial charge in [-0.1, -0.05) is 18.2 Å². The summed E-state index contributed by atoms with van der Waals surface area (Å²) in [6.45, 7) is 0.944. The van der Waals surface area contributed by atoms with Gasteiger partial charge in [-0.05, 0) is 12.1 Å². The van der Waals surface area contributed by atoms with E-state index in [1.165, 1.54) is 0 Å². The molecular weight excluding hydrogens is 356 g/mol. The van der Waals surface area contributed by atoms with E-state index in [1.807, 2.05) is 28.8 Å². The van der Waals surface area contributed by atoms with Crippen molar-refractivity contribution in [2.45, 2.75) is 12.6 Å². The first kappa shape index (κ1) is 16.8. The quantitative estimate of drug-likeness (QED) is 0.744. The van der Waals surface area contributed by atoms with E-state index in [1.54, 1.807) is 23.5 Å². The number of nitrogens with one attached hydrogen (secondary N) is 1. The second-order valence-corrected chi connectivity index (χ2v) is 8.23. The summed E-state index contributed by atoms with van der Waals surface area (Å²) in [6, 6.07) is 8.94. The standard InChI is InChI=1S/C17H18N4O4S/c1-26(23,24)19-8-14-10-20(9-13-7-18-11-21(13)14)17(22)16-6-12-4-2-3-5-15(12)25-16/h2-7,11,14,19H,8-10H2,1H3/t14-/m0/s1. The zero-order valence-electron chi connectivity index (χ0n) is 14.1. The summed E-state index contributed by atoms with van der Waals surface area (Å²) in [6.07, 6.45) is 4.46. The van der Waals surface area contributed by atoms with Crippen LogP contribution in [0.25, 0.3) is 11.0 Å². The number of hydrogen-bond acceptors (Lipinski definition) is 5. The van der Waals surface area contributed by atoms with Crippen LogP contribution in [0.2, 0.25) is 0 Å². The number of amides is 1. The molecule has 0 spiro atoms. The zero-order valence-corrected chi connectivity index (χ0v) is 14.9. The zero-order chi connectivity index (χ0) is 18.3. The van der Waals surface area contributed by atoms with Crippen molar-refractivity contribution < 1.29 is 17.6 Å². The molecule has 1 aliphatic rings. The predicted molar refractivity (Wildman–Crippen MR) is 95.1 cm³/mol. The molecule has 0 saturated heterocycles. The van der Waals surface area contributed by atoms with Gasteiger partial charge in [0.15, 0.2) is 5.76 Å². The van der Waals surface area contributed by atoms with E-state index in [9.17, 15) is 13.2 Å². The normalized spacial score (nSPS) is 17.4. The van der Waals surface area contributed by atoms with E-state index in [0.717, 1.165) is 17.3 Å². The van der Waals surface area contributed by atoms with Gasteiger partial charge in [-0.15, -0.1) is 0 Å². The van der Waals surface area contributed by atoms with Crippen LogP contribution in [0.1, 0.15) is 22.3 Å². The Morgan fingerprint density at radius 2 is 2.19 bits per heavy atom. The van der Waals surface area contributed by atoms with Crippen molar-refractivity contribution >= 4 is 26.9 Å². The number of sulfonamides is 1. The van der Waals surface area contributed by atoms with E-state index in [-0.39, 0.29) is 24.3 Å². The van der Waals surface area contributed by atoms with Crippen molar-refractivity contribution in [2.75, 3.05) is 19.3 Å². The van der Waals surface area contributed by atoms with Gasteiger partial charge in [0, 0.05) is 24.7 Å². The fraction of sp³-hybridized carbons (Fsp3) is 0.294. The Kier molecular flexibility index (Phi) is 4.04. The molecule has 136 valence electrons. The van der Waals surface area contributed by atoms with Crippen molar-refractivity contribution in [1.82, 2.24) is 19.2 Å². The molecule has 8 nitrogen and oxygen atoms in total. The number of aromatic nitrogens is 2. The highest BCUT2D eigenvalue weighted by Gasteiger charge is 2.30. The minimum atomic E-state index is -3.32. The smallest absolute Gasteiger partial charge is 0.290 e. The Hall–Kier alpha value is -2.65. The second kappa shape index (κ2) is 6.26. The van der Waals surface area contributed by atoms with E-state index < -0.39 is 10.0 Å². The molecule has 1 aliphatic heterocycles. The Labute approximate surface area is 150 Å². The van der Waals surface area contributed by atoms with Gasteiger partial charge >= 0.3 is 0 Å². The average Bonchev–Trinajstić information content (AvgIpc) is 3.24. The maximum absolute atomic E-state index is 12.9. The summed E-state index contributed by atoms with van der Waals surface area (Å²) in [5.74, 6) is 0.0481. The van der Waals surface area contributed by atoms with Crippen molar-refractivity contribution in [3.63, 3.8) is 0 Å². The first-order valence-corrected chi connectivity index (χ1v) is 10.0. The molecule has 1 amide bonds. The van der Waals surface area contributed by atoms with Crippen molar-refractivity contribution in [3.05, 3.63) is 54.3 Å². The first-order valence-electron chi connectivity index (χ1n) is 8.14. The Morgan fingerprint density at radius 1 is 1.38 bits per heavy atom. The summed E-state index contributed by atoms with van der Waals surface area (Å²) in [5, 5.41) is 0.869. The van der Waals surface area contributed by atoms with Gasteiger partial charge in [-0.25, -0.2) is 18.1 Å². The number of furan rings is 1. The fourth-order valence-corrected chi connectivity index (χ4v) is 3.69. The van der Waals surface area contributed by atoms with Gasteiger partial charge in [0.2, 0.25) is 10.0 Å². The van der Waals surface area contributed by atoms with E-state index in [2.05, 4.69) is 9.71 Å². The maximum atomic E-state index is 12.9. The minimum Gasteiger partial charge on any atom is -0.451 e. The molecule has 3 heterocycles. The Bertz CT molecular complexity index is 1040. The molecule has 1 N–H and O–H groups in total. The largest absolute Gasteiger partial charge is 0.451 e. The number of carbonyl (C=O) groups is 1. The van der Waals surface area contributed by atoms with Gasteiger partial charge in [0.1, 0.15) is 5.58 Å². The highest BCUT2D eigenvalue weighted by molar-refractivity contribution is 7.88. The van der Waals surface area contributed by atoms with Crippen molar-refractivity contribution in [1.29, 1.82) is 0 Å². The Morgan fingerprint density at radius 3 is 2.96 bits per heavy atom. The lowest BCUT2D eigenvalue weighted by atomic mass is 10.1. The number of carbonyl (C=O) groups excluding carboxylic acids is 1.